The van der Waals surface area contributed by atoms with E-state index in [0.717, 1.165) is 11.3 Å². The van der Waals surface area contributed by atoms with E-state index in [0.29, 0.717) is 18.8 Å². The lowest BCUT2D eigenvalue weighted by molar-refractivity contribution is -0.156. The molecule has 1 aliphatic rings. The van der Waals surface area contributed by atoms with Crippen molar-refractivity contribution < 1.29 is 23.8 Å². The molecule has 6 heteroatoms. The molecule has 0 saturated carbocycles. The molecule has 136 valence electrons. The summed E-state index contributed by atoms with van der Waals surface area (Å²) >= 11 is 0. The van der Waals surface area contributed by atoms with Gasteiger partial charge >= 0.3 is 5.97 Å². The number of hydrogen-bond acceptors (Lipinski definition) is 5. The third kappa shape index (κ3) is 4.53. The van der Waals surface area contributed by atoms with Crippen molar-refractivity contribution in [3.8, 4) is 11.5 Å². The molecule has 6 nitrogen and oxygen atoms in total. The summed E-state index contributed by atoms with van der Waals surface area (Å²) in [5.41, 5.74) is 0.929. The third-order valence-corrected chi connectivity index (χ3v) is 4.05. The normalized spacial score (nSPS) is 16.6. The van der Waals surface area contributed by atoms with Gasteiger partial charge in [-0.1, -0.05) is 36.4 Å². The van der Waals surface area contributed by atoms with Gasteiger partial charge in [-0.3, -0.25) is 4.79 Å². The second-order valence-electron chi connectivity index (χ2n) is 5.97. The number of esters is 1. The monoisotopic (exact) mass is 355 g/mol. The van der Waals surface area contributed by atoms with E-state index in [1.807, 2.05) is 42.5 Å². The number of benzene rings is 2. The molecule has 26 heavy (non-hydrogen) atoms. The van der Waals surface area contributed by atoms with Gasteiger partial charge in [-0.15, -0.1) is 0 Å². The van der Waals surface area contributed by atoms with Crippen LogP contribution in [-0.4, -0.2) is 31.2 Å². The van der Waals surface area contributed by atoms with Crippen LogP contribution >= 0.6 is 0 Å². The number of carbonyl (C=O) groups excluding carboxylic acids is 2. The van der Waals surface area contributed by atoms with E-state index >= 15 is 0 Å². The van der Waals surface area contributed by atoms with Crippen molar-refractivity contribution in [1.29, 1.82) is 0 Å². The van der Waals surface area contributed by atoms with Crippen LogP contribution in [0.2, 0.25) is 0 Å². The Balaban J connectivity index is 1.50. The predicted octanol–water partition coefficient (Wildman–Crippen LogP) is 2.64. The van der Waals surface area contributed by atoms with Crippen LogP contribution in [0.3, 0.4) is 0 Å². The summed E-state index contributed by atoms with van der Waals surface area (Å²) in [5.74, 6) is 0.397. The van der Waals surface area contributed by atoms with Crippen LogP contribution in [0, 0.1) is 0 Å². The number of ether oxygens (including phenoxy) is 3. The molecule has 0 saturated heterocycles. The second-order valence-corrected chi connectivity index (χ2v) is 5.97. The zero-order valence-electron chi connectivity index (χ0n) is 14.5. The minimum Gasteiger partial charge on any atom is -0.493 e. The van der Waals surface area contributed by atoms with E-state index in [1.54, 1.807) is 19.1 Å². The van der Waals surface area contributed by atoms with Crippen LogP contribution < -0.4 is 14.8 Å². The van der Waals surface area contributed by atoms with E-state index in [-0.39, 0.29) is 18.6 Å². The Morgan fingerprint density at radius 3 is 2.69 bits per heavy atom. The summed E-state index contributed by atoms with van der Waals surface area (Å²) in [4.78, 5) is 24.2. The highest BCUT2D eigenvalue weighted by molar-refractivity contribution is 5.84. The lowest BCUT2D eigenvalue weighted by atomic mass is 10.0. The van der Waals surface area contributed by atoms with Crippen LogP contribution in [0.15, 0.2) is 54.6 Å². The molecule has 0 unspecified atom stereocenters. The first-order chi connectivity index (χ1) is 12.6. The number of hydrogen-bond donors (Lipinski definition) is 1. The SMILES string of the molecule is C[C@@H](OC(=O)COc1ccccc1)C(=O)N[C@H]1CCOc2ccccc21. The maximum Gasteiger partial charge on any atom is 0.344 e. The van der Waals surface area contributed by atoms with Crippen LogP contribution in [0.4, 0.5) is 0 Å². The molecule has 2 aromatic carbocycles. The molecule has 0 aliphatic carbocycles. The van der Waals surface area contributed by atoms with Gasteiger partial charge in [-0.25, -0.2) is 4.79 Å². The fourth-order valence-electron chi connectivity index (χ4n) is 2.72. The van der Waals surface area contributed by atoms with Crippen molar-refractivity contribution in [2.24, 2.45) is 0 Å². The Labute approximate surface area is 152 Å². The molecular formula is C20H21NO5. The zero-order chi connectivity index (χ0) is 18.4. The Kier molecular flexibility index (Phi) is 5.73. The first-order valence-corrected chi connectivity index (χ1v) is 8.53. The van der Waals surface area contributed by atoms with E-state index in [9.17, 15) is 9.59 Å². The van der Waals surface area contributed by atoms with Crippen molar-refractivity contribution >= 4 is 11.9 Å². The van der Waals surface area contributed by atoms with Gasteiger partial charge in [-0.2, -0.15) is 0 Å². The maximum absolute atomic E-state index is 12.4. The van der Waals surface area contributed by atoms with Gasteiger partial charge in [0.05, 0.1) is 12.6 Å². The topological polar surface area (TPSA) is 73.9 Å². The van der Waals surface area contributed by atoms with E-state index in [1.165, 1.54) is 0 Å². The molecule has 0 aromatic heterocycles. The van der Waals surface area contributed by atoms with Gasteiger partial charge < -0.3 is 19.5 Å². The van der Waals surface area contributed by atoms with Crippen LogP contribution in [0.5, 0.6) is 11.5 Å². The molecule has 1 heterocycles. The van der Waals surface area contributed by atoms with E-state index in [4.69, 9.17) is 14.2 Å². The quantitative estimate of drug-likeness (QED) is 0.807. The molecule has 0 radical (unpaired) electrons. The number of para-hydroxylation sites is 2. The van der Waals surface area contributed by atoms with Crippen molar-refractivity contribution in [1.82, 2.24) is 5.32 Å². The molecule has 0 spiro atoms. The number of rotatable bonds is 6. The molecule has 2 aromatic rings. The summed E-state index contributed by atoms with van der Waals surface area (Å²) < 4.78 is 16.1. The van der Waals surface area contributed by atoms with Gasteiger partial charge in [0, 0.05) is 12.0 Å². The average molecular weight is 355 g/mol. The Morgan fingerprint density at radius 2 is 1.88 bits per heavy atom. The molecule has 3 rings (SSSR count). The lowest BCUT2D eigenvalue weighted by Crippen LogP contribution is -2.40. The van der Waals surface area contributed by atoms with Crippen LogP contribution in [0.25, 0.3) is 0 Å². The molecule has 0 fully saturated rings. The fraction of sp³-hybridized carbons (Fsp3) is 0.300. The van der Waals surface area contributed by atoms with Crippen molar-refractivity contribution in [2.45, 2.75) is 25.5 Å². The average Bonchev–Trinajstić information content (AvgIpc) is 2.67. The predicted molar refractivity (Wildman–Crippen MR) is 94.9 cm³/mol. The van der Waals surface area contributed by atoms with Crippen molar-refractivity contribution in [2.75, 3.05) is 13.2 Å². The lowest BCUT2D eigenvalue weighted by Gasteiger charge is -2.27. The van der Waals surface area contributed by atoms with Crippen LogP contribution in [-0.2, 0) is 14.3 Å². The Hall–Kier alpha value is -3.02. The second kappa shape index (κ2) is 8.38. The summed E-state index contributed by atoms with van der Waals surface area (Å²) in [6, 6.07) is 16.4. The highest BCUT2D eigenvalue weighted by Gasteiger charge is 2.26. The van der Waals surface area contributed by atoms with Gasteiger partial charge in [0.15, 0.2) is 12.7 Å². The largest absolute Gasteiger partial charge is 0.493 e. The minimum atomic E-state index is -0.906. The van der Waals surface area contributed by atoms with Gasteiger partial charge in [0.1, 0.15) is 11.5 Å². The first-order valence-electron chi connectivity index (χ1n) is 8.53. The fourth-order valence-corrected chi connectivity index (χ4v) is 2.72. The summed E-state index contributed by atoms with van der Waals surface area (Å²) in [6.45, 7) is 1.82. The maximum atomic E-state index is 12.4. The molecule has 2 atom stereocenters. The number of carbonyl (C=O) groups is 2. The summed E-state index contributed by atoms with van der Waals surface area (Å²) in [6.07, 6.45) is -0.238. The molecular weight excluding hydrogens is 334 g/mol. The molecule has 1 aliphatic heterocycles. The summed E-state index contributed by atoms with van der Waals surface area (Å²) in [7, 11) is 0. The molecule has 0 bridgehead atoms. The van der Waals surface area contributed by atoms with Crippen molar-refractivity contribution in [3.05, 3.63) is 60.2 Å². The number of amides is 1. The molecule has 1 amide bonds. The van der Waals surface area contributed by atoms with Gasteiger partial charge in [0.25, 0.3) is 5.91 Å². The number of fused-ring (bicyclic) bond motifs is 1. The highest BCUT2D eigenvalue weighted by atomic mass is 16.6. The van der Waals surface area contributed by atoms with E-state index in [2.05, 4.69) is 5.32 Å². The Morgan fingerprint density at radius 1 is 1.15 bits per heavy atom. The Bertz CT molecular complexity index is 762. The van der Waals surface area contributed by atoms with Crippen molar-refractivity contribution in [3.63, 3.8) is 0 Å². The smallest absolute Gasteiger partial charge is 0.344 e. The highest BCUT2D eigenvalue weighted by Crippen LogP contribution is 2.31. The zero-order valence-corrected chi connectivity index (χ0v) is 14.5. The first kappa shape index (κ1) is 17.8. The summed E-state index contributed by atoms with van der Waals surface area (Å²) in [5, 5.41) is 2.92. The standard InChI is InChI=1S/C20H21NO5/c1-14(26-19(22)13-25-15-7-3-2-4-8-15)20(23)21-17-11-12-24-18-10-6-5-9-16(17)18/h2-10,14,17H,11-13H2,1H3,(H,21,23)/t14-,17+/m1/s1. The minimum absolute atomic E-state index is 0.158. The van der Waals surface area contributed by atoms with Crippen LogP contribution in [0.1, 0.15) is 24.9 Å². The molecule has 1 N–H and O–H groups in total. The third-order valence-electron chi connectivity index (χ3n) is 4.05. The van der Waals surface area contributed by atoms with Gasteiger partial charge in [-0.05, 0) is 25.1 Å². The van der Waals surface area contributed by atoms with E-state index < -0.39 is 12.1 Å². The van der Waals surface area contributed by atoms with Gasteiger partial charge in [0.2, 0.25) is 0 Å². The number of nitrogens with one attached hydrogen (secondary N) is 1.